The summed E-state index contributed by atoms with van der Waals surface area (Å²) in [6.45, 7) is 7.93. The lowest BCUT2D eigenvalue weighted by atomic mass is 10.1. The van der Waals surface area contributed by atoms with Gasteiger partial charge in [0, 0.05) is 12.5 Å². The van der Waals surface area contributed by atoms with Crippen molar-refractivity contribution in [2.24, 2.45) is 11.8 Å². The van der Waals surface area contributed by atoms with Crippen LogP contribution in [0.5, 0.6) is 0 Å². The molecule has 0 aromatic carbocycles. The predicted molar refractivity (Wildman–Crippen MR) is 60.9 cm³/mol. The Morgan fingerprint density at radius 3 is 2.75 bits per heavy atom. The van der Waals surface area contributed by atoms with Crippen molar-refractivity contribution < 1.29 is 14.7 Å². The minimum absolute atomic E-state index is 0.0725. The van der Waals surface area contributed by atoms with Crippen molar-refractivity contribution in [3.63, 3.8) is 0 Å². The van der Waals surface area contributed by atoms with E-state index in [1.807, 2.05) is 13.8 Å². The molecule has 16 heavy (non-hydrogen) atoms. The highest BCUT2D eigenvalue weighted by Crippen LogP contribution is 2.25. The zero-order valence-corrected chi connectivity index (χ0v) is 9.85. The maximum absolute atomic E-state index is 12.0. The number of aliphatic carboxylic acids is 1. The molecule has 3 atom stereocenters. The Morgan fingerprint density at radius 1 is 1.62 bits per heavy atom. The van der Waals surface area contributed by atoms with Gasteiger partial charge in [-0.3, -0.25) is 4.79 Å². The zero-order chi connectivity index (χ0) is 12.3. The molecule has 1 amide bonds. The fourth-order valence-electron chi connectivity index (χ4n) is 2.16. The van der Waals surface area contributed by atoms with Crippen molar-refractivity contribution in [3.05, 3.63) is 12.7 Å². The summed E-state index contributed by atoms with van der Waals surface area (Å²) >= 11 is 0. The number of hydrogen-bond donors (Lipinski definition) is 1. The quantitative estimate of drug-likeness (QED) is 0.738. The van der Waals surface area contributed by atoms with Gasteiger partial charge in [-0.15, -0.1) is 6.58 Å². The van der Waals surface area contributed by atoms with E-state index >= 15 is 0 Å². The van der Waals surface area contributed by atoms with Crippen LogP contribution in [0.1, 0.15) is 26.7 Å². The summed E-state index contributed by atoms with van der Waals surface area (Å²) in [5.74, 6) is -0.884. The van der Waals surface area contributed by atoms with E-state index < -0.39 is 12.0 Å². The maximum atomic E-state index is 12.0. The second kappa shape index (κ2) is 5.14. The molecule has 0 spiro atoms. The average Bonchev–Trinajstić information content (AvgIpc) is 2.59. The fraction of sp³-hybridized carbons (Fsp3) is 0.667. The average molecular weight is 225 g/mol. The van der Waals surface area contributed by atoms with Gasteiger partial charge in [-0.05, 0) is 18.8 Å². The van der Waals surface area contributed by atoms with Gasteiger partial charge in [-0.25, -0.2) is 4.79 Å². The minimum atomic E-state index is -0.900. The first-order valence-electron chi connectivity index (χ1n) is 5.61. The molecule has 0 aliphatic carbocycles. The van der Waals surface area contributed by atoms with E-state index in [0.29, 0.717) is 19.4 Å². The van der Waals surface area contributed by atoms with Gasteiger partial charge < -0.3 is 10.0 Å². The molecular weight excluding hydrogens is 206 g/mol. The molecule has 1 saturated heterocycles. The molecule has 1 aliphatic heterocycles. The topological polar surface area (TPSA) is 57.6 Å². The molecule has 4 heteroatoms. The number of carbonyl (C=O) groups is 2. The van der Waals surface area contributed by atoms with Gasteiger partial charge in [-0.2, -0.15) is 0 Å². The number of nitrogens with zero attached hydrogens (tertiary/aromatic N) is 1. The van der Waals surface area contributed by atoms with E-state index in [4.69, 9.17) is 5.11 Å². The number of allylic oxidation sites excluding steroid dienone is 1. The first kappa shape index (κ1) is 12.7. The van der Waals surface area contributed by atoms with Gasteiger partial charge in [-0.1, -0.05) is 19.9 Å². The lowest BCUT2D eigenvalue weighted by molar-refractivity contribution is -0.149. The molecular formula is C12H19NO3. The summed E-state index contributed by atoms with van der Waals surface area (Å²) < 4.78 is 0. The lowest BCUT2D eigenvalue weighted by Crippen LogP contribution is -2.42. The van der Waals surface area contributed by atoms with Gasteiger partial charge in [0.25, 0.3) is 0 Å². The number of carbonyl (C=O) groups excluding carboxylic acids is 1. The van der Waals surface area contributed by atoms with Gasteiger partial charge in [0.15, 0.2) is 0 Å². The Morgan fingerprint density at radius 2 is 2.25 bits per heavy atom. The first-order chi connectivity index (χ1) is 7.47. The summed E-state index contributed by atoms with van der Waals surface area (Å²) in [7, 11) is 0. The van der Waals surface area contributed by atoms with Crippen molar-refractivity contribution in [1.29, 1.82) is 0 Å². The van der Waals surface area contributed by atoms with E-state index in [1.54, 1.807) is 6.08 Å². The predicted octanol–water partition coefficient (Wildman–Crippen LogP) is 1.52. The van der Waals surface area contributed by atoms with Crippen molar-refractivity contribution in [1.82, 2.24) is 4.90 Å². The summed E-state index contributed by atoms with van der Waals surface area (Å²) in [5, 5.41) is 9.05. The Labute approximate surface area is 95.9 Å². The van der Waals surface area contributed by atoms with Crippen molar-refractivity contribution in [2.75, 3.05) is 6.54 Å². The van der Waals surface area contributed by atoms with Crippen LogP contribution in [0.3, 0.4) is 0 Å². The highest BCUT2D eigenvalue weighted by molar-refractivity contribution is 5.85. The summed E-state index contributed by atoms with van der Waals surface area (Å²) in [6, 6.07) is -0.644. The van der Waals surface area contributed by atoms with Crippen molar-refractivity contribution in [3.8, 4) is 0 Å². The zero-order valence-electron chi connectivity index (χ0n) is 9.85. The van der Waals surface area contributed by atoms with Crippen LogP contribution in [0, 0.1) is 11.8 Å². The molecule has 1 N–H and O–H groups in total. The lowest BCUT2D eigenvalue weighted by Gasteiger charge is -2.24. The standard InChI is InChI=1S/C12H19NO3/c1-4-5-9(3)11(14)13-7-8(2)6-10(13)12(15)16/h4,8-10H,1,5-7H2,2-3H3,(H,15,16)/t8-,9-,10-/m0/s1. The Balaban J connectivity index is 2.73. The second-order valence-corrected chi connectivity index (χ2v) is 4.61. The molecule has 4 nitrogen and oxygen atoms in total. The molecule has 1 aliphatic rings. The summed E-state index contributed by atoms with van der Waals surface area (Å²) in [6.07, 6.45) is 2.84. The number of hydrogen-bond acceptors (Lipinski definition) is 2. The first-order valence-corrected chi connectivity index (χ1v) is 5.61. The Kier molecular flexibility index (Phi) is 4.10. The normalized spacial score (nSPS) is 26.5. The van der Waals surface area contributed by atoms with Crippen LogP contribution in [-0.4, -0.2) is 34.5 Å². The molecule has 1 rings (SSSR count). The smallest absolute Gasteiger partial charge is 0.326 e. The maximum Gasteiger partial charge on any atom is 0.326 e. The molecule has 0 unspecified atom stereocenters. The Hall–Kier alpha value is -1.32. The van der Waals surface area contributed by atoms with Gasteiger partial charge in [0.1, 0.15) is 6.04 Å². The van der Waals surface area contributed by atoms with Crippen LogP contribution >= 0.6 is 0 Å². The number of carboxylic acids is 1. The number of carboxylic acid groups (broad SMARTS) is 1. The molecule has 0 saturated carbocycles. The summed E-state index contributed by atoms with van der Waals surface area (Å²) in [4.78, 5) is 24.5. The minimum Gasteiger partial charge on any atom is -0.480 e. The SMILES string of the molecule is C=CC[C@H](C)C(=O)N1C[C@@H](C)C[C@H]1C(=O)O. The van der Waals surface area contributed by atoms with Crippen LogP contribution < -0.4 is 0 Å². The third-order valence-corrected chi connectivity index (χ3v) is 3.02. The van der Waals surface area contributed by atoms with E-state index in [2.05, 4.69) is 6.58 Å². The van der Waals surface area contributed by atoms with Crippen LogP contribution in [0.25, 0.3) is 0 Å². The second-order valence-electron chi connectivity index (χ2n) is 4.61. The molecule has 0 aromatic rings. The fourth-order valence-corrected chi connectivity index (χ4v) is 2.16. The van der Waals surface area contributed by atoms with Crippen LogP contribution in [0.2, 0.25) is 0 Å². The Bertz CT molecular complexity index is 301. The largest absolute Gasteiger partial charge is 0.480 e. The number of rotatable bonds is 4. The number of likely N-dealkylation sites (tertiary alicyclic amines) is 1. The molecule has 0 aromatic heterocycles. The van der Waals surface area contributed by atoms with E-state index in [0.717, 1.165) is 0 Å². The van der Waals surface area contributed by atoms with Crippen LogP contribution in [0.15, 0.2) is 12.7 Å². The van der Waals surface area contributed by atoms with E-state index in [-0.39, 0.29) is 17.7 Å². The van der Waals surface area contributed by atoms with Gasteiger partial charge in [0.05, 0.1) is 0 Å². The third-order valence-electron chi connectivity index (χ3n) is 3.02. The molecule has 0 bridgehead atoms. The van der Waals surface area contributed by atoms with Gasteiger partial charge >= 0.3 is 5.97 Å². The van der Waals surface area contributed by atoms with E-state index in [9.17, 15) is 9.59 Å². The van der Waals surface area contributed by atoms with Crippen LogP contribution in [0.4, 0.5) is 0 Å². The van der Waals surface area contributed by atoms with Crippen molar-refractivity contribution >= 4 is 11.9 Å². The highest BCUT2D eigenvalue weighted by atomic mass is 16.4. The van der Waals surface area contributed by atoms with Gasteiger partial charge in [0.2, 0.25) is 5.91 Å². The van der Waals surface area contributed by atoms with E-state index in [1.165, 1.54) is 4.90 Å². The van der Waals surface area contributed by atoms with Crippen LogP contribution in [-0.2, 0) is 9.59 Å². The summed E-state index contributed by atoms with van der Waals surface area (Å²) in [5.41, 5.74) is 0. The molecule has 1 fully saturated rings. The molecule has 0 radical (unpaired) electrons. The molecule has 90 valence electrons. The molecule has 1 heterocycles. The highest BCUT2D eigenvalue weighted by Gasteiger charge is 2.38. The number of amides is 1. The van der Waals surface area contributed by atoms with Crippen molar-refractivity contribution in [2.45, 2.75) is 32.7 Å². The monoisotopic (exact) mass is 225 g/mol. The third kappa shape index (κ3) is 2.62.